The molecule has 0 saturated carbocycles. The molecule has 0 aliphatic rings. The molecule has 1 aromatic carbocycles. The lowest BCUT2D eigenvalue weighted by Gasteiger charge is -2.06. The first-order valence-corrected chi connectivity index (χ1v) is 6.05. The predicted molar refractivity (Wildman–Crippen MR) is 70.3 cm³/mol. The molecule has 3 nitrogen and oxygen atoms in total. The summed E-state index contributed by atoms with van der Waals surface area (Å²) in [6.07, 6.45) is 1.31. The zero-order valence-electron chi connectivity index (χ0n) is 11.2. The Hall–Kier alpha value is -2.02. The molecule has 4 heteroatoms. The fraction of sp³-hybridized carbons (Fsp3) is 0.400. The number of hydrogen-bond donors (Lipinski definition) is 0. The molecule has 0 unspecified atom stereocenters. The number of unbranched alkanes of at least 4 members (excludes halogenated alkanes) is 1. The van der Waals surface area contributed by atoms with Crippen LogP contribution in [0.5, 0.6) is 5.75 Å². The van der Waals surface area contributed by atoms with Crippen molar-refractivity contribution in [2.45, 2.75) is 26.2 Å². The largest absolute Gasteiger partial charge is 0.497 e. The molecule has 0 aromatic heterocycles. The molecule has 19 heavy (non-hydrogen) atoms. The smallest absolute Gasteiger partial charge is 0.310 e. The normalized spacial score (nSPS) is 9.42. The monoisotopic (exact) mass is 264 g/mol. The highest BCUT2D eigenvalue weighted by Gasteiger charge is 2.10. The minimum atomic E-state index is -0.465. The fourth-order valence-corrected chi connectivity index (χ4v) is 1.48. The van der Waals surface area contributed by atoms with Crippen molar-refractivity contribution in [1.29, 1.82) is 0 Å². The summed E-state index contributed by atoms with van der Waals surface area (Å²) in [5.41, 5.74) is 0.305. The fourth-order valence-electron chi connectivity index (χ4n) is 1.48. The summed E-state index contributed by atoms with van der Waals surface area (Å²) in [7, 11) is 1.46. The van der Waals surface area contributed by atoms with Crippen molar-refractivity contribution < 1.29 is 18.7 Å². The molecule has 1 aromatic rings. The minimum absolute atomic E-state index is 0.0741. The van der Waals surface area contributed by atoms with Crippen molar-refractivity contribution in [3.8, 4) is 17.6 Å². The third-order valence-corrected chi connectivity index (χ3v) is 2.48. The number of ether oxygens (including phenoxy) is 2. The second-order valence-electron chi connectivity index (χ2n) is 3.88. The average molecular weight is 264 g/mol. The number of esters is 1. The van der Waals surface area contributed by atoms with Gasteiger partial charge in [0.05, 0.1) is 20.1 Å². The Labute approximate surface area is 112 Å². The topological polar surface area (TPSA) is 35.5 Å². The molecule has 0 N–H and O–H groups in total. The number of hydrogen-bond acceptors (Lipinski definition) is 3. The summed E-state index contributed by atoms with van der Waals surface area (Å²) >= 11 is 0. The number of halogens is 1. The number of methoxy groups -OCH3 is 1. The first-order chi connectivity index (χ1) is 9.17. The molecule has 0 bridgehead atoms. The minimum Gasteiger partial charge on any atom is -0.497 e. The van der Waals surface area contributed by atoms with Crippen molar-refractivity contribution >= 4 is 5.97 Å². The van der Waals surface area contributed by atoms with Gasteiger partial charge in [0.1, 0.15) is 11.6 Å². The molecule has 0 spiro atoms. The number of benzene rings is 1. The third kappa shape index (κ3) is 5.43. The highest BCUT2D eigenvalue weighted by molar-refractivity contribution is 5.72. The summed E-state index contributed by atoms with van der Waals surface area (Å²) in [6.45, 7) is 2.07. The molecular formula is C15H17FO3. The van der Waals surface area contributed by atoms with Crippen LogP contribution in [-0.4, -0.2) is 19.7 Å². The van der Waals surface area contributed by atoms with Gasteiger partial charge in [-0.05, 0) is 25.0 Å². The second-order valence-corrected chi connectivity index (χ2v) is 3.88. The van der Waals surface area contributed by atoms with Crippen LogP contribution in [0, 0.1) is 17.7 Å². The summed E-state index contributed by atoms with van der Waals surface area (Å²) in [5.74, 6) is 5.16. The summed E-state index contributed by atoms with van der Waals surface area (Å²) < 4.78 is 23.5. The maximum atomic E-state index is 13.6. The lowest BCUT2D eigenvalue weighted by molar-refractivity contribution is -0.142. The summed E-state index contributed by atoms with van der Waals surface area (Å²) in [6, 6.07) is 4.39. The van der Waals surface area contributed by atoms with E-state index in [9.17, 15) is 9.18 Å². The van der Waals surface area contributed by atoms with Crippen LogP contribution in [0.1, 0.15) is 25.3 Å². The highest BCUT2D eigenvalue weighted by atomic mass is 19.1. The van der Waals surface area contributed by atoms with Crippen LogP contribution >= 0.6 is 0 Å². The van der Waals surface area contributed by atoms with Gasteiger partial charge in [-0.25, -0.2) is 4.39 Å². The van der Waals surface area contributed by atoms with Crippen LogP contribution in [0.3, 0.4) is 0 Å². The molecule has 0 radical (unpaired) electrons. The molecular weight excluding hydrogens is 247 g/mol. The first kappa shape index (κ1) is 15.0. The molecule has 0 aliphatic carbocycles. The van der Waals surface area contributed by atoms with Gasteiger partial charge in [-0.1, -0.05) is 6.07 Å². The maximum Gasteiger partial charge on any atom is 0.310 e. The molecule has 102 valence electrons. The molecule has 0 amide bonds. The standard InChI is InChI=1S/C15H17FO3/c1-3-4-5-6-9-19-15(17)10-12-7-8-13(18-2)11-14(12)16/h7-8,11H,5-6,9-10H2,1-2H3. The van der Waals surface area contributed by atoms with Gasteiger partial charge in [0.15, 0.2) is 0 Å². The van der Waals surface area contributed by atoms with E-state index in [1.54, 1.807) is 13.0 Å². The lowest BCUT2D eigenvalue weighted by Crippen LogP contribution is -2.10. The van der Waals surface area contributed by atoms with Crippen molar-refractivity contribution in [3.63, 3.8) is 0 Å². The highest BCUT2D eigenvalue weighted by Crippen LogP contribution is 2.16. The van der Waals surface area contributed by atoms with Gasteiger partial charge in [-0.3, -0.25) is 4.79 Å². The van der Waals surface area contributed by atoms with Gasteiger partial charge in [0.2, 0.25) is 0 Å². The Bertz CT molecular complexity index is 486. The summed E-state index contributed by atoms with van der Waals surface area (Å²) in [4.78, 5) is 11.5. The van der Waals surface area contributed by atoms with E-state index in [0.717, 1.165) is 0 Å². The Balaban J connectivity index is 2.41. The van der Waals surface area contributed by atoms with Crippen molar-refractivity contribution in [3.05, 3.63) is 29.6 Å². The molecule has 0 atom stereocenters. The predicted octanol–water partition coefficient (Wildman–Crippen LogP) is 2.72. The Morgan fingerprint density at radius 1 is 1.42 bits per heavy atom. The Morgan fingerprint density at radius 3 is 2.84 bits per heavy atom. The quantitative estimate of drug-likeness (QED) is 0.450. The van der Waals surface area contributed by atoms with E-state index in [1.807, 2.05) is 0 Å². The van der Waals surface area contributed by atoms with Gasteiger partial charge >= 0.3 is 5.97 Å². The van der Waals surface area contributed by atoms with E-state index in [0.29, 0.717) is 30.8 Å². The van der Waals surface area contributed by atoms with Gasteiger partial charge in [0, 0.05) is 12.5 Å². The van der Waals surface area contributed by atoms with E-state index in [2.05, 4.69) is 11.8 Å². The molecule has 0 aliphatic heterocycles. The van der Waals surface area contributed by atoms with Crippen LogP contribution in [0.4, 0.5) is 4.39 Å². The Kier molecular flexibility index (Phi) is 6.45. The van der Waals surface area contributed by atoms with Crippen LogP contribution in [0.2, 0.25) is 0 Å². The first-order valence-electron chi connectivity index (χ1n) is 6.05. The van der Waals surface area contributed by atoms with Gasteiger partial charge in [-0.2, -0.15) is 0 Å². The van der Waals surface area contributed by atoms with Crippen LogP contribution < -0.4 is 4.74 Å². The van der Waals surface area contributed by atoms with E-state index < -0.39 is 11.8 Å². The molecule has 0 saturated heterocycles. The van der Waals surface area contributed by atoms with E-state index in [1.165, 1.54) is 19.2 Å². The number of rotatable bonds is 6. The van der Waals surface area contributed by atoms with Crippen LogP contribution in [-0.2, 0) is 16.0 Å². The van der Waals surface area contributed by atoms with Crippen molar-refractivity contribution in [2.24, 2.45) is 0 Å². The van der Waals surface area contributed by atoms with Crippen LogP contribution in [0.15, 0.2) is 18.2 Å². The zero-order valence-corrected chi connectivity index (χ0v) is 11.2. The van der Waals surface area contributed by atoms with Gasteiger partial charge in [-0.15, -0.1) is 11.8 Å². The number of carbonyl (C=O) groups excluding carboxylic acids is 1. The Morgan fingerprint density at radius 2 is 2.21 bits per heavy atom. The van der Waals surface area contributed by atoms with E-state index >= 15 is 0 Å². The lowest BCUT2D eigenvalue weighted by atomic mass is 10.1. The van der Waals surface area contributed by atoms with Crippen LogP contribution in [0.25, 0.3) is 0 Å². The summed E-state index contributed by atoms with van der Waals surface area (Å²) in [5, 5.41) is 0. The van der Waals surface area contributed by atoms with Crippen molar-refractivity contribution in [1.82, 2.24) is 0 Å². The zero-order chi connectivity index (χ0) is 14.1. The van der Waals surface area contributed by atoms with Gasteiger partial charge in [0.25, 0.3) is 0 Å². The van der Waals surface area contributed by atoms with Gasteiger partial charge < -0.3 is 9.47 Å². The van der Waals surface area contributed by atoms with E-state index in [4.69, 9.17) is 9.47 Å². The molecule has 0 heterocycles. The maximum absolute atomic E-state index is 13.6. The average Bonchev–Trinajstić information content (AvgIpc) is 2.41. The number of carbonyl (C=O) groups is 1. The van der Waals surface area contributed by atoms with E-state index in [-0.39, 0.29) is 6.42 Å². The third-order valence-electron chi connectivity index (χ3n) is 2.48. The molecule has 1 rings (SSSR count). The second kappa shape index (κ2) is 8.15. The molecule has 0 fully saturated rings. The SMILES string of the molecule is CC#CCCCOC(=O)Cc1ccc(OC)cc1F. The van der Waals surface area contributed by atoms with Crippen molar-refractivity contribution in [2.75, 3.05) is 13.7 Å².